The summed E-state index contributed by atoms with van der Waals surface area (Å²) in [6, 6.07) is 14.6. The molecule has 0 aliphatic heterocycles. The highest BCUT2D eigenvalue weighted by molar-refractivity contribution is 6.31. The van der Waals surface area contributed by atoms with Gasteiger partial charge >= 0.3 is 0 Å². The van der Waals surface area contributed by atoms with Crippen molar-refractivity contribution in [1.29, 1.82) is 5.26 Å². The SMILES string of the molecule is Cc1nn(-c2ccc(C#N)c(Cl)c2)c(C)c1Cc1ccccc1O. The number of para-hydroxylation sites is 1. The number of phenols is 1. The molecule has 24 heavy (non-hydrogen) atoms. The largest absolute Gasteiger partial charge is 0.508 e. The van der Waals surface area contributed by atoms with E-state index in [0.29, 0.717) is 17.0 Å². The lowest BCUT2D eigenvalue weighted by atomic mass is 10.0. The van der Waals surface area contributed by atoms with E-state index >= 15 is 0 Å². The molecule has 3 aromatic rings. The summed E-state index contributed by atoms with van der Waals surface area (Å²) in [6.07, 6.45) is 0.606. The Balaban J connectivity index is 2.02. The first kappa shape index (κ1) is 16.1. The molecular formula is C19H16ClN3O. The zero-order chi connectivity index (χ0) is 17.3. The number of nitriles is 1. The van der Waals surface area contributed by atoms with Crippen LogP contribution in [0, 0.1) is 25.2 Å². The predicted octanol–water partition coefficient (Wildman–Crippen LogP) is 4.31. The maximum absolute atomic E-state index is 10.00. The summed E-state index contributed by atoms with van der Waals surface area (Å²) in [7, 11) is 0. The Morgan fingerprint density at radius 1 is 1.21 bits per heavy atom. The van der Waals surface area contributed by atoms with Crippen molar-refractivity contribution in [2.24, 2.45) is 0 Å². The number of hydrogen-bond acceptors (Lipinski definition) is 3. The number of aromatic nitrogens is 2. The molecule has 0 fully saturated rings. The predicted molar refractivity (Wildman–Crippen MR) is 93.7 cm³/mol. The van der Waals surface area contributed by atoms with Crippen molar-refractivity contribution in [3.8, 4) is 17.5 Å². The fourth-order valence-corrected chi connectivity index (χ4v) is 2.98. The lowest BCUT2D eigenvalue weighted by molar-refractivity contribution is 0.469. The van der Waals surface area contributed by atoms with Crippen LogP contribution in [0.5, 0.6) is 5.75 Å². The minimum absolute atomic E-state index is 0.283. The van der Waals surface area contributed by atoms with Crippen LogP contribution in [-0.4, -0.2) is 14.9 Å². The summed E-state index contributed by atoms with van der Waals surface area (Å²) in [5.41, 5.74) is 5.06. The molecule has 0 atom stereocenters. The van der Waals surface area contributed by atoms with E-state index in [1.54, 1.807) is 24.3 Å². The first-order chi connectivity index (χ1) is 11.5. The minimum Gasteiger partial charge on any atom is -0.508 e. The normalized spacial score (nSPS) is 10.6. The van der Waals surface area contributed by atoms with Crippen molar-refractivity contribution in [3.63, 3.8) is 0 Å². The Bertz CT molecular complexity index is 954. The summed E-state index contributed by atoms with van der Waals surface area (Å²) in [5, 5.41) is 24.0. The van der Waals surface area contributed by atoms with Gasteiger partial charge in [0.05, 0.1) is 22.0 Å². The molecule has 1 N–H and O–H groups in total. The van der Waals surface area contributed by atoms with Crippen molar-refractivity contribution < 1.29 is 5.11 Å². The van der Waals surface area contributed by atoms with E-state index in [1.807, 2.05) is 36.7 Å². The standard InChI is InChI=1S/C19H16ClN3O/c1-12-17(9-14-5-3-4-6-19(14)24)13(2)23(22-12)16-8-7-15(11-21)18(20)10-16/h3-8,10,24H,9H2,1-2H3. The second-order valence-electron chi connectivity index (χ2n) is 5.64. The lowest BCUT2D eigenvalue weighted by Crippen LogP contribution is -2.00. The molecule has 1 aromatic heterocycles. The van der Waals surface area contributed by atoms with E-state index in [4.69, 9.17) is 16.9 Å². The molecule has 120 valence electrons. The number of phenolic OH excluding ortho intramolecular Hbond substituents is 1. The van der Waals surface area contributed by atoms with Gasteiger partial charge in [-0.2, -0.15) is 10.4 Å². The summed E-state index contributed by atoms with van der Waals surface area (Å²) < 4.78 is 1.82. The van der Waals surface area contributed by atoms with Crippen molar-refractivity contribution >= 4 is 11.6 Å². The molecule has 0 unspecified atom stereocenters. The van der Waals surface area contributed by atoms with Crippen LogP contribution < -0.4 is 0 Å². The molecule has 0 saturated carbocycles. The first-order valence-electron chi connectivity index (χ1n) is 7.53. The highest BCUT2D eigenvalue weighted by Gasteiger charge is 2.15. The number of aryl methyl sites for hydroxylation is 1. The van der Waals surface area contributed by atoms with Gasteiger partial charge in [-0.3, -0.25) is 0 Å². The van der Waals surface area contributed by atoms with Crippen molar-refractivity contribution in [3.05, 3.63) is 75.6 Å². The highest BCUT2D eigenvalue weighted by atomic mass is 35.5. The second kappa shape index (κ2) is 6.38. The van der Waals surface area contributed by atoms with Gasteiger partial charge in [0.1, 0.15) is 11.8 Å². The summed E-state index contributed by atoms with van der Waals surface area (Å²) >= 11 is 6.13. The van der Waals surface area contributed by atoms with Gasteiger partial charge in [-0.25, -0.2) is 4.68 Å². The summed E-state index contributed by atoms with van der Waals surface area (Å²) in [4.78, 5) is 0. The van der Waals surface area contributed by atoms with Crippen LogP contribution in [0.25, 0.3) is 5.69 Å². The number of halogens is 1. The smallest absolute Gasteiger partial charge is 0.119 e. The molecule has 0 radical (unpaired) electrons. The Labute approximate surface area is 145 Å². The lowest BCUT2D eigenvalue weighted by Gasteiger charge is -2.08. The Kier molecular flexibility index (Phi) is 4.28. The zero-order valence-corrected chi connectivity index (χ0v) is 14.2. The fraction of sp³-hybridized carbons (Fsp3) is 0.158. The fourth-order valence-electron chi connectivity index (χ4n) is 2.76. The van der Waals surface area contributed by atoms with Gasteiger partial charge in [0.25, 0.3) is 0 Å². The molecule has 3 rings (SSSR count). The monoisotopic (exact) mass is 337 g/mol. The molecule has 0 bridgehead atoms. The quantitative estimate of drug-likeness (QED) is 0.774. The maximum atomic E-state index is 10.00. The highest BCUT2D eigenvalue weighted by Crippen LogP contribution is 2.26. The van der Waals surface area contributed by atoms with Crippen LogP contribution in [0.3, 0.4) is 0 Å². The third kappa shape index (κ3) is 2.86. The molecule has 2 aromatic carbocycles. The molecular weight excluding hydrogens is 322 g/mol. The number of hydrogen-bond donors (Lipinski definition) is 1. The average Bonchev–Trinajstić information content (AvgIpc) is 2.85. The molecule has 0 aliphatic rings. The van der Waals surface area contributed by atoms with E-state index in [-0.39, 0.29) is 5.75 Å². The Morgan fingerprint density at radius 3 is 2.62 bits per heavy atom. The number of aromatic hydroxyl groups is 1. The molecule has 0 amide bonds. The summed E-state index contributed by atoms with van der Waals surface area (Å²) in [5.74, 6) is 0.283. The number of nitrogens with zero attached hydrogens (tertiary/aromatic N) is 3. The van der Waals surface area contributed by atoms with Gasteiger partial charge in [-0.05, 0) is 43.7 Å². The minimum atomic E-state index is 0.283. The van der Waals surface area contributed by atoms with Crippen molar-refractivity contribution in [1.82, 2.24) is 9.78 Å². The molecule has 0 saturated heterocycles. The second-order valence-corrected chi connectivity index (χ2v) is 6.05. The van der Waals surface area contributed by atoms with Crippen LogP contribution in [0.2, 0.25) is 5.02 Å². The summed E-state index contributed by atoms with van der Waals surface area (Å²) in [6.45, 7) is 3.94. The van der Waals surface area contributed by atoms with Gasteiger partial charge in [0, 0.05) is 17.7 Å². The Hall–Kier alpha value is -2.77. The third-order valence-corrected chi connectivity index (χ3v) is 4.43. The van der Waals surface area contributed by atoms with Crippen LogP contribution in [-0.2, 0) is 6.42 Å². The van der Waals surface area contributed by atoms with Gasteiger partial charge in [-0.15, -0.1) is 0 Å². The molecule has 4 nitrogen and oxygen atoms in total. The van der Waals surface area contributed by atoms with Crippen LogP contribution in [0.15, 0.2) is 42.5 Å². The molecule has 5 heteroatoms. The van der Waals surface area contributed by atoms with Crippen LogP contribution in [0.4, 0.5) is 0 Å². The topological polar surface area (TPSA) is 61.8 Å². The number of benzene rings is 2. The first-order valence-corrected chi connectivity index (χ1v) is 7.91. The Morgan fingerprint density at radius 2 is 1.96 bits per heavy atom. The van der Waals surface area contributed by atoms with E-state index < -0.39 is 0 Å². The van der Waals surface area contributed by atoms with E-state index in [0.717, 1.165) is 28.2 Å². The van der Waals surface area contributed by atoms with E-state index in [9.17, 15) is 5.11 Å². The van der Waals surface area contributed by atoms with Crippen molar-refractivity contribution in [2.75, 3.05) is 0 Å². The molecule has 0 aliphatic carbocycles. The third-order valence-electron chi connectivity index (χ3n) is 4.12. The van der Waals surface area contributed by atoms with E-state index in [1.165, 1.54) is 0 Å². The van der Waals surface area contributed by atoms with Crippen LogP contribution in [0.1, 0.15) is 28.1 Å². The van der Waals surface area contributed by atoms with Gasteiger partial charge in [0.15, 0.2) is 0 Å². The molecule has 0 spiro atoms. The van der Waals surface area contributed by atoms with Crippen LogP contribution >= 0.6 is 11.6 Å². The maximum Gasteiger partial charge on any atom is 0.119 e. The van der Waals surface area contributed by atoms with E-state index in [2.05, 4.69) is 11.2 Å². The van der Waals surface area contributed by atoms with Crippen molar-refractivity contribution in [2.45, 2.75) is 20.3 Å². The number of rotatable bonds is 3. The van der Waals surface area contributed by atoms with Gasteiger partial charge in [-0.1, -0.05) is 29.8 Å². The van der Waals surface area contributed by atoms with Gasteiger partial charge < -0.3 is 5.11 Å². The molecule has 1 heterocycles. The zero-order valence-electron chi connectivity index (χ0n) is 13.4. The average molecular weight is 338 g/mol. The van der Waals surface area contributed by atoms with Gasteiger partial charge in [0.2, 0.25) is 0 Å².